The van der Waals surface area contributed by atoms with Crippen LogP contribution in [0.25, 0.3) is 0 Å². The first-order chi connectivity index (χ1) is 7.93. The van der Waals surface area contributed by atoms with Crippen LogP contribution in [-0.2, 0) is 10.2 Å². The molecule has 94 valence electrons. The van der Waals surface area contributed by atoms with Crippen molar-refractivity contribution in [2.75, 3.05) is 14.2 Å². The quantitative estimate of drug-likeness (QED) is 0.850. The molecule has 1 N–H and O–H groups in total. The number of carbonyl (C=O) groups is 1. The Morgan fingerprint density at radius 2 is 1.82 bits per heavy atom. The van der Waals surface area contributed by atoms with E-state index in [1.807, 2.05) is 31.3 Å². The van der Waals surface area contributed by atoms with Crippen LogP contribution in [0.1, 0.15) is 26.3 Å². The highest BCUT2D eigenvalue weighted by Gasteiger charge is 2.33. The van der Waals surface area contributed by atoms with Gasteiger partial charge in [0.05, 0.1) is 13.2 Å². The molecule has 0 aromatic heterocycles. The average molecular weight is 235 g/mol. The molecule has 0 aliphatic rings. The van der Waals surface area contributed by atoms with Crippen molar-refractivity contribution in [2.45, 2.75) is 32.2 Å². The summed E-state index contributed by atoms with van der Waals surface area (Å²) >= 11 is 0. The van der Waals surface area contributed by atoms with Gasteiger partial charge in [-0.05, 0) is 31.7 Å². The largest absolute Gasteiger partial charge is 0.497 e. The van der Waals surface area contributed by atoms with Crippen LogP contribution in [0.3, 0.4) is 0 Å². The minimum atomic E-state index is -0.243. The van der Waals surface area contributed by atoms with Gasteiger partial charge in [0.2, 0.25) is 0 Å². The molecule has 3 heteroatoms. The molecule has 0 amide bonds. The second-order valence-electron chi connectivity index (χ2n) is 4.78. The normalized spacial score (nSPS) is 13.2. The lowest BCUT2D eigenvalue weighted by Gasteiger charge is -2.33. The zero-order valence-electron chi connectivity index (χ0n) is 11.2. The third kappa shape index (κ3) is 2.86. The Morgan fingerprint density at radius 3 is 2.18 bits per heavy atom. The molecule has 0 aliphatic carbocycles. The van der Waals surface area contributed by atoms with E-state index in [0.29, 0.717) is 0 Å². The SMILES string of the molecule is CN[C@H](C(C)=O)C(C)(C)c1ccc(OC)cc1. The standard InChI is InChI=1S/C14H21NO2/c1-10(16)13(15-4)14(2,3)11-6-8-12(17-5)9-7-11/h6-9,13,15H,1-5H3/t13-/m1/s1. The van der Waals surface area contributed by atoms with E-state index in [0.717, 1.165) is 11.3 Å². The summed E-state index contributed by atoms with van der Waals surface area (Å²) in [5.41, 5.74) is 0.875. The topological polar surface area (TPSA) is 38.3 Å². The Morgan fingerprint density at radius 1 is 1.29 bits per heavy atom. The van der Waals surface area contributed by atoms with Gasteiger partial charge in [0.25, 0.3) is 0 Å². The van der Waals surface area contributed by atoms with E-state index >= 15 is 0 Å². The van der Waals surface area contributed by atoms with E-state index in [-0.39, 0.29) is 17.2 Å². The Balaban J connectivity index is 3.06. The number of Topliss-reactive ketones (excluding diaryl/α,β-unsaturated/α-hetero) is 1. The van der Waals surface area contributed by atoms with Gasteiger partial charge in [-0.15, -0.1) is 0 Å². The summed E-state index contributed by atoms with van der Waals surface area (Å²) in [4.78, 5) is 11.6. The van der Waals surface area contributed by atoms with E-state index < -0.39 is 0 Å². The number of carbonyl (C=O) groups excluding carboxylic acids is 1. The highest BCUT2D eigenvalue weighted by atomic mass is 16.5. The van der Waals surface area contributed by atoms with E-state index in [4.69, 9.17) is 4.74 Å². The first-order valence-electron chi connectivity index (χ1n) is 5.75. The summed E-state index contributed by atoms with van der Waals surface area (Å²) in [7, 11) is 3.46. The smallest absolute Gasteiger partial charge is 0.147 e. The fourth-order valence-corrected chi connectivity index (χ4v) is 2.26. The van der Waals surface area contributed by atoms with Crippen molar-refractivity contribution in [3.05, 3.63) is 29.8 Å². The molecule has 0 unspecified atom stereocenters. The molecule has 1 rings (SSSR count). The van der Waals surface area contributed by atoms with Crippen LogP contribution in [0.2, 0.25) is 0 Å². The third-order valence-electron chi connectivity index (χ3n) is 3.25. The molecule has 3 nitrogen and oxygen atoms in total. The highest BCUT2D eigenvalue weighted by Crippen LogP contribution is 2.29. The maximum absolute atomic E-state index is 11.6. The molecule has 0 bridgehead atoms. The predicted octanol–water partition coefficient (Wildman–Crippen LogP) is 2.15. The molecular formula is C14H21NO2. The van der Waals surface area contributed by atoms with Gasteiger partial charge >= 0.3 is 0 Å². The number of hydrogen-bond acceptors (Lipinski definition) is 3. The monoisotopic (exact) mass is 235 g/mol. The van der Waals surface area contributed by atoms with Crippen molar-refractivity contribution >= 4 is 5.78 Å². The lowest BCUT2D eigenvalue weighted by molar-refractivity contribution is -0.120. The molecule has 0 spiro atoms. The second-order valence-corrected chi connectivity index (χ2v) is 4.78. The van der Waals surface area contributed by atoms with E-state index in [9.17, 15) is 4.79 Å². The van der Waals surface area contributed by atoms with Gasteiger partial charge in [-0.1, -0.05) is 26.0 Å². The molecule has 1 aromatic carbocycles. The molecule has 0 radical (unpaired) electrons. The molecule has 0 heterocycles. The van der Waals surface area contributed by atoms with Gasteiger partial charge in [-0.2, -0.15) is 0 Å². The molecule has 17 heavy (non-hydrogen) atoms. The molecule has 0 fully saturated rings. The number of likely N-dealkylation sites (N-methyl/N-ethyl adjacent to an activating group) is 1. The average Bonchev–Trinajstić information content (AvgIpc) is 2.29. The Hall–Kier alpha value is -1.35. The number of ketones is 1. The lowest BCUT2D eigenvalue weighted by atomic mass is 9.76. The van der Waals surface area contributed by atoms with Gasteiger partial charge < -0.3 is 10.1 Å². The number of rotatable bonds is 5. The van der Waals surface area contributed by atoms with Crippen molar-refractivity contribution in [2.24, 2.45) is 0 Å². The minimum absolute atomic E-state index is 0.147. The maximum Gasteiger partial charge on any atom is 0.147 e. The highest BCUT2D eigenvalue weighted by molar-refractivity contribution is 5.83. The molecular weight excluding hydrogens is 214 g/mol. The van der Waals surface area contributed by atoms with Crippen LogP contribution in [0.15, 0.2) is 24.3 Å². The van der Waals surface area contributed by atoms with Gasteiger partial charge in [-0.3, -0.25) is 4.79 Å². The van der Waals surface area contributed by atoms with Crippen LogP contribution in [-0.4, -0.2) is 26.0 Å². The van der Waals surface area contributed by atoms with Crippen LogP contribution in [0.5, 0.6) is 5.75 Å². The fraction of sp³-hybridized carbons (Fsp3) is 0.500. The van der Waals surface area contributed by atoms with Crippen molar-refractivity contribution < 1.29 is 9.53 Å². The van der Waals surface area contributed by atoms with Gasteiger partial charge in [0.1, 0.15) is 11.5 Å². The Bertz CT molecular complexity index is 382. The maximum atomic E-state index is 11.6. The summed E-state index contributed by atoms with van der Waals surface area (Å²) in [5.74, 6) is 0.974. The second kappa shape index (κ2) is 5.32. The molecule has 0 saturated carbocycles. The minimum Gasteiger partial charge on any atom is -0.497 e. The summed E-state index contributed by atoms with van der Waals surface area (Å²) in [6.45, 7) is 5.75. The number of ether oxygens (including phenoxy) is 1. The van der Waals surface area contributed by atoms with Crippen LogP contribution >= 0.6 is 0 Å². The van der Waals surface area contributed by atoms with Crippen molar-refractivity contribution in [1.29, 1.82) is 0 Å². The Kier molecular flexibility index (Phi) is 4.29. The zero-order valence-corrected chi connectivity index (χ0v) is 11.2. The van der Waals surface area contributed by atoms with Gasteiger partial charge in [-0.25, -0.2) is 0 Å². The van der Waals surface area contributed by atoms with Gasteiger partial charge in [0, 0.05) is 5.41 Å². The van der Waals surface area contributed by atoms with Gasteiger partial charge in [0.15, 0.2) is 0 Å². The third-order valence-corrected chi connectivity index (χ3v) is 3.25. The lowest BCUT2D eigenvalue weighted by Crippen LogP contribution is -2.47. The summed E-state index contributed by atoms with van der Waals surface area (Å²) in [5, 5.41) is 3.09. The molecule has 1 atom stereocenters. The fourth-order valence-electron chi connectivity index (χ4n) is 2.26. The van der Waals surface area contributed by atoms with E-state index in [1.165, 1.54) is 0 Å². The molecule has 1 aromatic rings. The van der Waals surface area contributed by atoms with E-state index in [2.05, 4.69) is 19.2 Å². The predicted molar refractivity (Wildman–Crippen MR) is 69.5 cm³/mol. The van der Waals surface area contributed by atoms with Crippen molar-refractivity contribution in [3.8, 4) is 5.75 Å². The first-order valence-corrected chi connectivity index (χ1v) is 5.75. The van der Waals surface area contributed by atoms with E-state index in [1.54, 1.807) is 14.0 Å². The number of hydrogen-bond donors (Lipinski definition) is 1. The summed E-state index contributed by atoms with van der Waals surface area (Å²) < 4.78 is 5.13. The first kappa shape index (κ1) is 13.7. The van der Waals surface area contributed by atoms with Crippen molar-refractivity contribution in [3.63, 3.8) is 0 Å². The summed E-state index contributed by atoms with van der Waals surface area (Å²) in [6.07, 6.45) is 0. The molecule has 0 saturated heterocycles. The zero-order chi connectivity index (χ0) is 13.1. The number of methoxy groups -OCH3 is 1. The van der Waals surface area contributed by atoms with Crippen LogP contribution in [0.4, 0.5) is 0 Å². The number of nitrogens with one attached hydrogen (secondary N) is 1. The Labute approximate surface area is 103 Å². The number of benzene rings is 1. The van der Waals surface area contributed by atoms with Crippen molar-refractivity contribution in [1.82, 2.24) is 5.32 Å². The summed E-state index contributed by atoms with van der Waals surface area (Å²) in [6, 6.07) is 7.67. The van der Waals surface area contributed by atoms with Crippen LogP contribution < -0.4 is 10.1 Å². The van der Waals surface area contributed by atoms with Crippen LogP contribution in [0, 0.1) is 0 Å². The molecule has 0 aliphatic heterocycles.